The van der Waals surface area contributed by atoms with Crippen molar-refractivity contribution in [1.82, 2.24) is 0 Å². The summed E-state index contributed by atoms with van der Waals surface area (Å²) >= 11 is 5.59. The number of benzene rings is 2. The highest BCUT2D eigenvalue weighted by atomic mass is 35.5. The average molecular weight is 237 g/mol. The van der Waals surface area contributed by atoms with Crippen LogP contribution in [0.3, 0.4) is 0 Å². The molecule has 0 saturated carbocycles. The molecule has 4 heteroatoms. The van der Waals surface area contributed by atoms with E-state index in [1.54, 1.807) is 18.2 Å². The normalized spacial score (nSPS) is 10.1. The highest BCUT2D eigenvalue weighted by Gasteiger charge is 2.01. The molecule has 2 rings (SSSR count). The Hall–Kier alpha value is -1.74. The van der Waals surface area contributed by atoms with E-state index < -0.39 is 5.82 Å². The number of halogens is 2. The van der Waals surface area contributed by atoms with Crippen LogP contribution in [0.4, 0.5) is 21.5 Å². The molecule has 82 valence electrons. The van der Waals surface area contributed by atoms with Gasteiger partial charge < -0.3 is 11.1 Å². The van der Waals surface area contributed by atoms with Crippen molar-refractivity contribution >= 4 is 28.7 Å². The second-order valence-electron chi connectivity index (χ2n) is 3.38. The molecule has 0 aliphatic heterocycles. The maximum atomic E-state index is 13.2. The third-order valence-electron chi connectivity index (χ3n) is 2.12. The van der Waals surface area contributed by atoms with Crippen LogP contribution in [-0.2, 0) is 0 Å². The first kappa shape index (κ1) is 10.8. The molecule has 0 saturated heterocycles. The molecule has 3 N–H and O–H groups in total. The van der Waals surface area contributed by atoms with Crippen molar-refractivity contribution in [2.75, 3.05) is 11.1 Å². The molecule has 2 aromatic carbocycles. The maximum absolute atomic E-state index is 13.2. The van der Waals surface area contributed by atoms with Crippen molar-refractivity contribution in [3.63, 3.8) is 0 Å². The van der Waals surface area contributed by atoms with Gasteiger partial charge in [0.2, 0.25) is 0 Å². The summed E-state index contributed by atoms with van der Waals surface area (Å²) in [5, 5.41) is 3.16. The molecule has 0 bridgehead atoms. The van der Waals surface area contributed by atoms with E-state index in [9.17, 15) is 4.39 Å². The molecule has 0 atom stereocenters. The quantitative estimate of drug-likeness (QED) is 0.779. The summed E-state index contributed by atoms with van der Waals surface area (Å²) in [7, 11) is 0. The van der Waals surface area contributed by atoms with Crippen LogP contribution in [0.25, 0.3) is 0 Å². The molecule has 0 aromatic heterocycles. The minimum atomic E-state index is -0.442. The third kappa shape index (κ3) is 2.44. The Morgan fingerprint density at radius 3 is 2.25 bits per heavy atom. The predicted molar refractivity (Wildman–Crippen MR) is 65.5 cm³/mol. The zero-order valence-corrected chi connectivity index (χ0v) is 9.13. The van der Waals surface area contributed by atoms with Gasteiger partial charge in [0.05, 0.1) is 5.02 Å². The Morgan fingerprint density at radius 1 is 1.00 bits per heavy atom. The molecule has 0 unspecified atom stereocenters. The molecule has 0 aliphatic rings. The van der Waals surface area contributed by atoms with Gasteiger partial charge in [0.25, 0.3) is 0 Å². The van der Waals surface area contributed by atoms with E-state index >= 15 is 0 Å². The molecule has 16 heavy (non-hydrogen) atoms. The van der Waals surface area contributed by atoms with Gasteiger partial charge in [-0.25, -0.2) is 4.39 Å². The van der Waals surface area contributed by atoms with Crippen molar-refractivity contribution in [2.45, 2.75) is 0 Å². The van der Waals surface area contributed by atoms with Crippen molar-refractivity contribution < 1.29 is 4.39 Å². The summed E-state index contributed by atoms with van der Waals surface area (Å²) < 4.78 is 13.2. The highest BCUT2D eigenvalue weighted by molar-refractivity contribution is 6.30. The van der Waals surface area contributed by atoms with Gasteiger partial charge in [-0.15, -0.1) is 0 Å². The van der Waals surface area contributed by atoms with E-state index in [4.69, 9.17) is 17.3 Å². The Kier molecular flexibility index (Phi) is 2.97. The molecule has 0 amide bonds. The van der Waals surface area contributed by atoms with Crippen LogP contribution in [0, 0.1) is 5.82 Å². The Morgan fingerprint density at radius 2 is 1.62 bits per heavy atom. The zero-order chi connectivity index (χ0) is 11.5. The van der Waals surface area contributed by atoms with Crippen molar-refractivity contribution in [2.24, 2.45) is 0 Å². The maximum Gasteiger partial charge on any atom is 0.143 e. The molecular formula is C12H10ClFN2. The molecule has 0 spiro atoms. The molecule has 0 heterocycles. The number of rotatable bonds is 2. The van der Waals surface area contributed by atoms with Gasteiger partial charge in [0, 0.05) is 17.1 Å². The van der Waals surface area contributed by atoms with Gasteiger partial charge in [0.1, 0.15) is 5.82 Å². The van der Waals surface area contributed by atoms with Crippen LogP contribution in [0.1, 0.15) is 0 Å². The summed E-state index contributed by atoms with van der Waals surface area (Å²) in [6.07, 6.45) is 0. The van der Waals surface area contributed by atoms with Gasteiger partial charge in [0.15, 0.2) is 0 Å². The average Bonchev–Trinajstić information content (AvgIpc) is 2.27. The van der Waals surface area contributed by atoms with Gasteiger partial charge in [-0.3, -0.25) is 0 Å². The van der Waals surface area contributed by atoms with E-state index in [2.05, 4.69) is 5.32 Å². The minimum absolute atomic E-state index is 0.114. The van der Waals surface area contributed by atoms with Crippen LogP contribution in [0.2, 0.25) is 5.02 Å². The van der Waals surface area contributed by atoms with Gasteiger partial charge in [-0.05, 0) is 42.5 Å². The summed E-state index contributed by atoms with van der Waals surface area (Å²) in [6, 6.07) is 11.8. The number of nitrogen functional groups attached to an aromatic ring is 1. The molecule has 0 fully saturated rings. The van der Waals surface area contributed by atoms with Crippen LogP contribution in [0.15, 0.2) is 42.5 Å². The van der Waals surface area contributed by atoms with E-state index in [1.807, 2.05) is 12.1 Å². The zero-order valence-electron chi connectivity index (χ0n) is 8.37. The Bertz CT molecular complexity index is 497. The lowest BCUT2D eigenvalue weighted by Crippen LogP contribution is -1.92. The summed E-state index contributed by atoms with van der Waals surface area (Å²) in [5.41, 5.74) is 7.74. The fourth-order valence-corrected chi connectivity index (χ4v) is 1.42. The minimum Gasteiger partial charge on any atom is -0.399 e. The SMILES string of the molecule is Nc1ccc(Nc2ccc(Cl)c(F)c2)cc1. The number of anilines is 3. The monoisotopic (exact) mass is 236 g/mol. The summed E-state index contributed by atoms with van der Waals surface area (Å²) in [6.45, 7) is 0. The number of nitrogens with two attached hydrogens (primary N) is 1. The summed E-state index contributed by atoms with van der Waals surface area (Å²) in [4.78, 5) is 0. The number of hydrogen-bond acceptors (Lipinski definition) is 2. The Labute approximate surface area is 97.8 Å². The third-order valence-corrected chi connectivity index (χ3v) is 2.43. The molecular weight excluding hydrogens is 227 g/mol. The van der Waals surface area contributed by atoms with Gasteiger partial charge in [-0.2, -0.15) is 0 Å². The first-order valence-corrected chi connectivity index (χ1v) is 5.10. The van der Waals surface area contributed by atoms with E-state index in [1.165, 1.54) is 12.1 Å². The van der Waals surface area contributed by atoms with Crippen LogP contribution < -0.4 is 11.1 Å². The van der Waals surface area contributed by atoms with Crippen molar-refractivity contribution in [3.8, 4) is 0 Å². The van der Waals surface area contributed by atoms with Crippen molar-refractivity contribution in [3.05, 3.63) is 53.3 Å². The smallest absolute Gasteiger partial charge is 0.143 e. The van der Waals surface area contributed by atoms with Crippen LogP contribution in [-0.4, -0.2) is 0 Å². The second-order valence-corrected chi connectivity index (χ2v) is 3.78. The van der Waals surface area contributed by atoms with Crippen LogP contribution in [0.5, 0.6) is 0 Å². The fourth-order valence-electron chi connectivity index (χ4n) is 1.31. The van der Waals surface area contributed by atoms with E-state index in [-0.39, 0.29) is 5.02 Å². The van der Waals surface area contributed by atoms with E-state index in [0.29, 0.717) is 11.4 Å². The van der Waals surface area contributed by atoms with Gasteiger partial charge in [-0.1, -0.05) is 11.6 Å². The molecule has 0 aliphatic carbocycles. The molecule has 2 aromatic rings. The predicted octanol–water partition coefficient (Wildman–Crippen LogP) is 3.80. The van der Waals surface area contributed by atoms with E-state index in [0.717, 1.165) is 5.69 Å². The van der Waals surface area contributed by atoms with Crippen molar-refractivity contribution in [1.29, 1.82) is 0 Å². The topological polar surface area (TPSA) is 38.0 Å². The lowest BCUT2D eigenvalue weighted by Gasteiger charge is -2.07. The molecule has 2 nitrogen and oxygen atoms in total. The van der Waals surface area contributed by atoms with Gasteiger partial charge >= 0.3 is 0 Å². The second kappa shape index (κ2) is 4.41. The first-order chi connectivity index (χ1) is 7.65. The highest BCUT2D eigenvalue weighted by Crippen LogP contribution is 2.22. The molecule has 0 radical (unpaired) electrons. The number of nitrogens with one attached hydrogen (secondary N) is 1. The number of hydrogen-bond donors (Lipinski definition) is 2. The Balaban J connectivity index is 2.20. The van der Waals surface area contributed by atoms with Crippen LogP contribution >= 0.6 is 11.6 Å². The standard InChI is InChI=1S/C12H10ClFN2/c13-11-6-5-10(7-12(11)14)16-9-3-1-8(15)2-4-9/h1-7,16H,15H2. The fraction of sp³-hybridized carbons (Fsp3) is 0. The lowest BCUT2D eigenvalue weighted by atomic mass is 10.2. The lowest BCUT2D eigenvalue weighted by molar-refractivity contribution is 0.629. The summed E-state index contributed by atoms with van der Waals surface area (Å²) in [5.74, 6) is -0.442. The largest absolute Gasteiger partial charge is 0.399 e. The first-order valence-electron chi connectivity index (χ1n) is 4.73.